The lowest BCUT2D eigenvalue weighted by Gasteiger charge is -2.32. The van der Waals surface area contributed by atoms with Crippen LogP contribution in [0.5, 0.6) is 0 Å². The summed E-state index contributed by atoms with van der Waals surface area (Å²) < 4.78 is 13.3. The molecule has 3 rings (SSSR count). The van der Waals surface area contributed by atoms with E-state index >= 15 is 0 Å². The molecule has 1 heterocycles. The van der Waals surface area contributed by atoms with Crippen molar-refractivity contribution in [2.24, 2.45) is 5.92 Å². The molecule has 1 saturated heterocycles. The molecule has 0 radical (unpaired) electrons. The third-order valence-electron chi connectivity index (χ3n) is 4.65. The number of piperidine rings is 1. The molecule has 0 aliphatic carbocycles. The van der Waals surface area contributed by atoms with E-state index in [4.69, 9.17) is 0 Å². The highest BCUT2D eigenvalue weighted by molar-refractivity contribution is 5.37. The molecule has 0 atom stereocenters. The summed E-state index contributed by atoms with van der Waals surface area (Å²) in [7, 11) is 0. The predicted molar refractivity (Wildman–Crippen MR) is 89.3 cm³/mol. The lowest BCUT2D eigenvalue weighted by atomic mass is 9.90. The maximum absolute atomic E-state index is 13.3. The molecule has 2 aromatic carbocycles. The van der Waals surface area contributed by atoms with Gasteiger partial charge in [-0.25, -0.2) is 4.39 Å². The van der Waals surface area contributed by atoms with E-state index in [2.05, 4.69) is 11.0 Å². The molecule has 118 valence electrons. The van der Waals surface area contributed by atoms with Crippen LogP contribution in [0.1, 0.15) is 29.5 Å². The molecule has 2 nitrogen and oxygen atoms in total. The number of nitriles is 1. The zero-order valence-corrected chi connectivity index (χ0v) is 13.2. The van der Waals surface area contributed by atoms with Crippen molar-refractivity contribution in [3.63, 3.8) is 0 Å². The van der Waals surface area contributed by atoms with Crippen LogP contribution in [0.25, 0.3) is 0 Å². The Balaban J connectivity index is 1.53. The van der Waals surface area contributed by atoms with Gasteiger partial charge in [0.2, 0.25) is 0 Å². The molecule has 3 heteroatoms. The Bertz CT molecular complexity index is 697. The van der Waals surface area contributed by atoms with Gasteiger partial charge in [0.1, 0.15) is 5.82 Å². The van der Waals surface area contributed by atoms with E-state index in [1.807, 2.05) is 30.3 Å². The van der Waals surface area contributed by atoms with Gasteiger partial charge in [-0.05, 0) is 67.6 Å². The lowest BCUT2D eigenvalue weighted by molar-refractivity contribution is 0.177. The van der Waals surface area contributed by atoms with Crippen LogP contribution in [0.4, 0.5) is 4.39 Å². The molecule has 1 aliphatic rings. The number of hydrogen-bond acceptors (Lipinski definition) is 2. The molecule has 0 amide bonds. The summed E-state index contributed by atoms with van der Waals surface area (Å²) in [6.07, 6.45) is 3.22. The van der Waals surface area contributed by atoms with Crippen molar-refractivity contribution in [3.05, 3.63) is 71.0 Å². The summed E-state index contributed by atoms with van der Waals surface area (Å²) >= 11 is 0. The summed E-state index contributed by atoms with van der Waals surface area (Å²) in [6.45, 7) is 2.93. The van der Waals surface area contributed by atoms with Crippen LogP contribution in [0, 0.1) is 23.1 Å². The molecule has 0 spiro atoms. The minimum atomic E-state index is -0.145. The van der Waals surface area contributed by atoms with Gasteiger partial charge in [0.15, 0.2) is 0 Å². The first-order chi connectivity index (χ1) is 11.2. The maximum atomic E-state index is 13.3. The normalized spacial score (nSPS) is 16.2. The predicted octanol–water partition coefficient (Wildman–Crippen LogP) is 4.15. The second-order valence-corrected chi connectivity index (χ2v) is 6.32. The van der Waals surface area contributed by atoms with E-state index in [1.165, 1.54) is 6.07 Å². The molecular weight excluding hydrogens is 287 g/mol. The van der Waals surface area contributed by atoms with Crippen molar-refractivity contribution in [2.45, 2.75) is 25.8 Å². The number of halogens is 1. The van der Waals surface area contributed by atoms with E-state index < -0.39 is 0 Å². The Hall–Kier alpha value is -2.18. The third-order valence-corrected chi connectivity index (χ3v) is 4.65. The van der Waals surface area contributed by atoms with Gasteiger partial charge in [0.05, 0.1) is 11.6 Å². The van der Waals surface area contributed by atoms with Crippen LogP contribution in [0.15, 0.2) is 48.5 Å². The Kier molecular flexibility index (Phi) is 5.05. The Morgan fingerprint density at radius 3 is 2.61 bits per heavy atom. The Labute approximate surface area is 137 Å². The fourth-order valence-corrected chi connectivity index (χ4v) is 3.35. The minimum Gasteiger partial charge on any atom is -0.299 e. The summed E-state index contributed by atoms with van der Waals surface area (Å²) in [5, 5.41) is 9.18. The van der Waals surface area contributed by atoms with Gasteiger partial charge in [-0.15, -0.1) is 0 Å². The van der Waals surface area contributed by atoms with Crippen molar-refractivity contribution >= 4 is 0 Å². The maximum Gasteiger partial charge on any atom is 0.123 e. The number of benzene rings is 2. The Morgan fingerprint density at radius 1 is 1.09 bits per heavy atom. The molecule has 1 aliphatic heterocycles. The van der Waals surface area contributed by atoms with Crippen LogP contribution in [-0.2, 0) is 13.0 Å². The second kappa shape index (κ2) is 7.39. The minimum absolute atomic E-state index is 0.145. The van der Waals surface area contributed by atoms with Crippen LogP contribution in [0.3, 0.4) is 0 Å². The summed E-state index contributed by atoms with van der Waals surface area (Å²) in [6, 6.07) is 17.0. The van der Waals surface area contributed by atoms with Crippen molar-refractivity contribution in [3.8, 4) is 6.07 Å². The first kappa shape index (κ1) is 15.7. The molecule has 0 N–H and O–H groups in total. The molecule has 0 bridgehead atoms. The zero-order valence-electron chi connectivity index (χ0n) is 13.2. The van der Waals surface area contributed by atoms with Gasteiger partial charge < -0.3 is 0 Å². The van der Waals surface area contributed by atoms with E-state index in [0.29, 0.717) is 5.92 Å². The molecule has 2 aromatic rings. The average molecular weight is 308 g/mol. The fraction of sp³-hybridized carbons (Fsp3) is 0.350. The monoisotopic (exact) mass is 308 g/mol. The Morgan fingerprint density at radius 2 is 1.87 bits per heavy atom. The van der Waals surface area contributed by atoms with Gasteiger partial charge in [-0.3, -0.25) is 4.90 Å². The highest BCUT2D eigenvalue weighted by Gasteiger charge is 2.20. The smallest absolute Gasteiger partial charge is 0.123 e. The van der Waals surface area contributed by atoms with Crippen molar-refractivity contribution in [2.75, 3.05) is 13.1 Å². The lowest BCUT2D eigenvalue weighted by Crippen LogP contribution is -2.34. The van der Waals surface area contributed by atoms with Gasteiger partial charge in [-0.2, -0.15) is 5.26 Å². The van der Waals surface area contributed by atoms with Gasteiger partial charge >= 0.3 is 0 Å². The SMILES string of the molecule is N#Cc1ccccc1CN1CCC(Cc2cccc(F)c2)CC1. The standard InChI is InChI=1S/C20H21FN2/c21-20-7-3-4-17(13-20)12-16-8-10-23(11-9-16)15-19-6-2-1-5-18(19)14-22/h1-7,13,16H,8-12,15H2. The molecule has 0 unspecified atom stereocenters. The van der Waals surface area contributed by atoms with Crippen molar-refractivity contribution in [1.82, 2.24) is 4.90 Å². The van der Waals surface area contributed by atoms with Crippen LogP contribution in [0.2, 0.25) is 0 Å². The van der Waals surface area contributed by atoms with E-state index in [0.717, 1.165) is 55.6 Å². The molecule has 1 fully saturated rings. The molecule has 23 heavy (non-hydrogen) atoms. The summed E-state index contributed by atoms with van der Waals surface area (Å²) in [5.74, 6) is 0.479. The summed E-state index contributed by atoms with van der Waals surface area (Å²) in [5.41, 5.74) is 2.98. The number of rotatable bonds is 4. The highest BCUT2D eigenvalue weighted by atomic mass is 19.1. The van der Waals surface area contributed by atoms with Gasteiger partial charge in [0, 0.05) is 6.54 Å². The summed E-state index contributed by atoms with van der Waals surface area (Å²) in [4.78, 5) is 2.41. The molecule has 0 aromatic heterocycles. The number of nitrogens with zero attached hydrogens (tertiary/aromatic N) is 2. The second-order valence-electron chi connectivity index (χ2n) is 6.32. The number of likely N-dealkylation sites (tertiary alicyclic amines) is 1. The first-order valence-corrected chi connectivity index (χ1v) is 8.19. The van der Waals surface area contributed by atoms with Crippen LogP contribution >= 0.6 is 0 Å². The van der Waals surface area contributed by atoms with Crippen molar-refractivity contribution in [1.29, 1.82) is 5.26 Å². The van der Waals surface area contributed by atoms with Crippen LogP contribution in [-0.4, -0.2) is 18.0 Å². The zero-order chi connectivity index (χ0) is 16.1. The van der Waals surface area contributed by atoms with Gasteiger partial charge in [-0.1, -0.05) is 30.3 Å². The van der Waals surface area contributed by atoms with Crippen molar-refractivity contribution < 1.29 is 4.39 Å². The van der Waals surface area contributed by atoms with E-state index in [1.54, 1.807) is 12.1 Å². The molecule has 0 saturated carbocycles. The van der Waals surface area contributed by atoms with E-state index in [-0.39, 0.29) is 5.82 Å². The quantitative estimate of drug-likeness (QED) is 0.848. The third kappa shape index (κ3) is 4.18. The topological polar surface area (TPSA) is 27.0 Å². The van der Waals surface area contributed by atoms with Gasteiger partial charge in [0.25, 0.3) is 0 Å². The largest absolute Gasteiger partial charge is 0.299 e. The van der Waals surface area contributed by atoms with Crippen LogP contribution < -0.4 is 0 Å². The fourth-order valence-electron chi connectivity index (χ4n) is 3.35. The van der Waals surface area contributed by atoms with E-state index in [9.17, 15) is 9.65 Å². The number of hydrogen-bond donors (Lipinski definition) is 0. The average Bonchev–Trinajstić information content (AvgIpc) is 2.57. The molecular formula is C20H21FN2. The first-order valence-electron chi connectivity index (χ1n) is 8.19. The highest BCUT2D eigenvalue weighted by Crippen LogP contribution is 2.23.